The van der Waals surface area contributed by atoms with Crippen LogP contribution in [0.4, 0.5) is 4.79 Å². The van der Waals surface area contributed by atoms with Crippen LogP contribution in [0.15, 0.2) is 42.5 Å². The quantitative estimate of drug-likeness (QED) is 0.318. The number of aromatic carboxylic acids is 1. The Morgan fingerprint density at radius 2 is 1.80 bits per heavy atom. The molecule has 5 atom stereocenters. The zero-order valence-electron chi connectivity index (χ0n) is 27.3. The zero-order chi connectivity index (χ0) is 32.7. The highest BCUT2D eigenvalue weighted by molar-refractivity contribution is 6.48. The fourth-order valence-corrected chi connectivity index (χ4v) is 7.46. The van der Waals surface area contributed by atoms with Crippen molar-refractivity contribution in [2.24, 2.45) is 17.3 Å². The SMILES string of the molecule is COc1c(CC(NC(=O)Cc2cccc(CNC(=O)OC(C)(C)C)c2)B2OC3CC4CC(C4(C)C)C3(C)O2)cccc1C(=O)O. The van der Waals surface area contributed by atoms with Gasteiger partial charge in [0.15, 0.2) is 0 Å². The number of carbonyl (C=O) groups is 3. The Balaban J connectivity index is 1.33. The van der Waals surface area contributed by atoms with Crippen molar-refractivity contribution in [3.8, 4) is 5.75 Å². The summed E-state index contributed by atoms with van der Waals surface area (Å²) in [4.78, 5) is 37.6. The summed E-state index contributed by atoms with van der Waals surface area (Å²) in [7, 11) is 0.721. The van der Waals surface area contributed by atoms with Gasteiger partial charge in [0.2, 0.25) is 5.91 Å². The van der Waals surface area contributed by atoms with Gasteiger partial charge in [0.25, 0.3) is 0 Å². The molecule has 4 fully saturated rings. The Bertz CT molecular complexity index is 1460. The lowest BCUT2D eigenvalue weighted by Crippen LogP contribution is -2.65. The number of benzene rings is 2. The molecule has 2 aromatic rings. The average molecular weight is 621 g/mol. The molecule has 2 amide bonds. The summed E-state index contributed by atoms with van der Waals surface area (Å²) in [5, 5.41) is 15.6. The zero-order valence-corrected chi connectivity index (χ0v) is 27.3. The van der Waals surface area contributed by atoms with Gasteiger partial charge >= 0.3 is 19.2 Å². The molecule has 1 aliphatic heterocycles. The Kier molecular flexibility index (Phi) is 8.99. The predicted octanol–water partition coefficient (Wildman–Crippen LogP) is 4.96. The maximum absolute atomic E-state index is 13.6. The molecule has 3 aliphatic carbocycles. The summed E-state index contributed by atoms with van der Waals surface area (Å²) in [5.74, 6) is -0.765. The molecule has 3 N–H and O–H groups in total. The molecule has 0 aromatic heterocycles. The van der Waals surface area contributed by atoms with Gasteiger partial charge in [-0.3, -0.25) is 4.79 Å². The highest BCUT2D eigenvalue weighted by Gasteiger charge is 2.68. The molecule has 45 heavy (non-hydrogen) atoms. The van der Waals surface area contributed by atoms with Gasteiger partial charge in [-0.05, 0) is 87.0 Å². The average Bonchev–Trinajstić information content (AvgIpc) is 3.32. The van der Waals surface area contributed by atoms with Crippen LogP contribution in [-0.4, -0.2) is 60.6 Å². The van der Waals surface area contributed by atoms with E-state index in [4.69, 9.17) is 18.8 Å². The number of nitrogens with one attached hydrogen (secondary N) is 2. The standard InChI is InChI=1S/C34H45BN2O8/c1-32(2,3)43-31(41)36-19-21-11-8-10-20(14-21)15-28(38)37-27(16-22-12-9-13-24(30(39)40)29(22)42-7)35-44-26-18-23-17-25(33(23,4)5)34(26,6)45-35/h8-14,23,25-27H,15-19H2,1-7H3,(H,36,41)(H,37,38)(H,39,40). The number of rotatable bonds is 10. The van der Waals surface area contributed by atoms with Crippen molar-refractivity contribution in [2.75, 3.05) is 7.11 Å². The first-order valence-electron chi connectivity index (χ1n) is 15.7. The summed E-state index contributed by atoms with van der Waals surface area (Å²) < 4.78 is 24.1. The van der Waals surface area contributed by atoms with Crippen LogP contribution in [0.5, 0.6) is 5.75 Å². The molecular weight excluding hydrogens is 575 g/mol. The van der Waals surface area contributed by atoms with Gasteiger partial charge in [-0.2, -0.15) is 0 Å². The first-order chi connectivity index (χ1) is 21.1. The van der Waals surface area contributed by atoms with E-state index in [1.165, 1.54) is 13.2 Å². The van der Waals surface area contributed by atoms with Gasteiger partial charge in [0.1, 0.15) is 16.9 Å². The Hall–Kier alpha value is -3.57. The lowest BCUT2D eigenvalue weighted by atomic mass is 9.43. The number of ether oxygens (including phenoxy) is 2. The van der Waals surface area contributed by atoms with Crippen LogP contribution in [0.25, 0.3) is 0 Å². The largest absolute Gasteiger partial charge is 0.496 e. The van der Waals surface area contributed by atoms with Crippen molar-refractivity contribution < 1.29 is 38.3 Å². The second-order valence-electron chi connectivity index (χ2n) is 14.4. The van der Waals surface area contributed by atoms with Crippen LogP contribution >= 0.6 is 0 Å². The molecular formula is C34H45BN2O8. The number of hydrogen-bond acceptors (Lipinski definition) is 7. The molecule has 3 saturated carbocycles. The second-order valence-corrected chi connectivity index (χ2v) is 14.4. The predicted molar refractivity (Wildman–Crippen MR) is 169 cm³/mol. The number of alkyl carbamates (subject to hydrolysis) is 1. The van der Waals surface area contributed by atoms with E-state index in [0.29, 0.717) is 17.4 Å². The van der Waals surface area contributed by atoms with Crippen LogP contribution in [0.3, 0.4) is 0 Å². The van der Waals surface area contributed by atoms with Crippen LogP contribution in [0.1, 0.15) is 81.4 Å². The molecule has 1 heterocycles. The number of methoxy groups -OCH3 is 1. The number of carboxylic acids is 1. The minimum atomic E-state index is -1.09. The highest BCUT2D eigenvalue weighted by Crippen LogP contribution is 2.65. The third kappa shape index (κ3) is 6.84. The molecule has 10 nitrogen and oxygen atoms in total. The topological polar surface area (TPSA) is 132 Å². The van der Waals surface area contributed by atoms with E-state index >= 15 is 0 Å². The third-order valence-corrected chi connectivity index (χ3v) is 9.81. The number of para-hydroxylation sites is 1. The van der Waals surface area contributed by atoms with Crippen molar-refractivity contribution in [3.63, 3.8) is 0 Å². The molecule has 242 valence electrons. The highest BCUT2D eigenvalue weighted by atomic mass is 16.7. The van der Waals surface area contributed by atoms with E-state index in [1.807, 2.05) is 24.3 Å². The first-order valence-corrected chi connectivity index (χ1v) is 15.7. The first kappa shape index (κ1) is 32.8. The van der Waals surface area contributed by atoms with Gasteiger partial charge in [0, 0.05) is 6.54 Å². The van der Waals surface area contributed by atoms with Crippen molar-refractivity contribution in [2.45, 2.75) is 97.0 Å². The summed E-state index contributed by atoms with van der Waals surface area (Å²) in [6.45, 7) is 12.4. The van der Waals surface area contributed by atoms with Gasteiger partial charge in [-0.1, -0.05) is 50.2 Å². The summed E-state index contributed by atoms with van der Waals surface area (Å²) >= 11 is 0. The van der Waals surface area contributed by atoms with Crippen LogP contribution < -0.4 is 15.4 Å². The van der Waals surface area contributed by atoms with E-state index in [9.17, 15) is 19.5 Å². The molecule has 4 aliphatic rings. The number of hydrogen-bond donors (Lipinski definition) is 3. The monoisotopic (exact) mass is 620 g/mol. The summed E-state index contributed by atoms with van der Waals surface area (Å²) in [6, 6.07) is 12.4. The van der Waals surface area contributed by atoms with E-state index < -0.39 is 36.3 Å². The van der Waals surface area contributed by atoms with Gasteiger partial charge in [0.05, 0.1) is 31.2 Å². The lowest BCUT2D eigenvalue weighted by Gasteiger charge is -2.64. The van der Waals surface area contributed by atoms with Gasteiger partial charge < -0.3 is 34.5 Å². The third-order valence-electron chi connectivity index (χ3n) is 9.81. The second kappa shape index (κ2) is 12.3. The van der Waals surface area contributed by atoms with Crippen molar-refractivity contribution in [1.82, 2.24) is 10.6 Å². The number of carbonyl (C=O) groups excluding carboxylic acids is 2. The minimum Gasteiger partial charge on any atom is -0.496 e. The molecule has 2 bridgehead atoms. The minimum absolute atomic E-state index is 0.0494. The Morgan fingerprint density at radius 1 is 1.09 bits per heavy atom. The molecule has 0 radical (unpaired) electrons. The number of amides is 2. The summed E-state index contributed by atoms with van der Waals surface area (Å²) in [5.41, 5.74) is 1.37. The normalized spacial score (nSPS) is 25.4. The molecule has 11 heteroatoms. The lowest BCUT2D eigenvalue weighted by molar-refractivity contribution is -0.199. The van der Waals surface area contributed by atoms with E-state index in [2.05, 4.69) is 31.4 Å². The molecule has 5 unspecified atom stereocenters. The number of carboxylic acid groups (broad SMARTS) is 1. The van der Waals surface area contributed by atoms with E-state index in [0.717, 1.165) is 24.0 Å². The maximum atomic E-state index is 13.6. The molecule has 0 spiro atoms. The van der Waals surface area contributed by atoms with Crippen LogP contribution in [0, 0.1) is 17.3 Å². The smallest absolute Gasteiger partial charge is 0.482 e. The van der Waals surface area contributed by atoms with Crippen molar-refractivity contribution >= 4 is 25.1 Å². The van der Waals surface area contributed by atoms with Gasteiger partial charge in [-0.15, -0.1) is 0 Å². The molecule has 1 saturated heterocycles. The molecule has 2 aromatic carbocycles. The van der Waals surface area contributed by atoms with Gasteiger partial charge in [-0.25, -0.2) is 9.59 Å². The van der Waals surface area contributed by atoms with Crippen LogP contribution in [0.2, 0.25) is 0 Å². The Labute approximate surface area is 265 Å². The summed E-state index contributed by atoms with van der Waals surface area (Å²) in [6.07, 6.45) is 1.75. The maximum Gasteiger partial charge on any atom is 0.482 e. The molecule has 6 rings (SSSR count). The van der Waals surface area contributed by atoms with Crippen molar-refractivity contribution in [3.05, 3.63) is 64.7 Å². The fourth-order valence-electron chi connectivity index (χ4n) is 7.46. The fraction of sp³-hybridized carbons (Fsp3) is 0.559. The van der Waals surface area contributed by atoms with Crippen molar-refractivity contribution in [1.29, 1.82) is 0 Å². The Morgan fingerprint density at radius 3 is 2.47 bits per heavy atom. The van der Waals surface area contributed by atoms with Crippen LogP contribution in [-0.2, 0) is 38.2 Å². The van der Waals surface area contributed by atoms with E-state index in [-0.39, 0.29) is 48.1 Å². The van der Waals surface area contributed by atoms with E-state index in [1.54, 1.807) is 32.9 Å².